The lowest BCUT2D eigenvalue weighted by Crippen LogP contribution is -2.09. The van der Waals surface area contributed by atoms with Gasteiger partial charge >= 0.3 is 11.9 Å². The molecule has 0 amide bonds. The normalized spacial score (nSPS) is 20.2. The van der Waals surface area contributed by atoms with Crippen molar-refractivity contribution in [1.29, 1.82) is 0 Å². The topological polar surface area (TPSA) is 82.1 Å². The number of rotatable bonds is 5. The van der Waals surface area contributed by atoms with Crippen LogP contribution in [-0.2, 0) is 27.3 Å². The van der Waals surface area contributed by atoms with Crippen molar-refractivity contribution in [2.75, 3.05) is 14.2 Å². The molecular weight excluding hydrogens is 336 g/mol. The van der Waals surface area contributed by atoms with Crippen molar-refractivity contribution in [2.24, 2.45) is 5.92 Å². The summed E-state index contributed by atoms with van der Waals surface area (Å²) in [6, 6.07) is 0. The van der Waals surface area contributed by atoms with Crippen molar-refractivity contribution in [2.45, 2.75) is 45.6 Å². The lowest BCUT2D eigenvalue weighted by Gasteiger charge is -2.16. The molecule has 1 aliphatic carbocycles. The zero-order valence-electron chi connectivity index (χ0n) is 15.4. The fraction of sp³-hybridized carbons (Fsp3) is 0.500. The lowest BCUT2D eigenvalue weighted by molar-refractivity contribution is -0.141. The predicted molar refractivity (Wildman–Crippen MR) is 94.3 cm³/mol. The van der Waals surface area contributed by atoms with Gasteiger partial charge in [0.05, 0.1) is 20.6 Å². The molecule has 6 heteroatoms. The van der Waals surface area contributed by atoms with E-state index in [0.717, 1.165) is 24.8 Å². The zero-order chi connectivity index (χ0) is 18.8. The summed E-state index contributed by atoms with van der Waals surface area (Å²) in [5, 5.41) is 10.7. The Morgan fingerprint density at radius 1 is 1.38 bits per heavy atom. The molecule has 1 unspecified atom stereocenters. The van der Waals surface area contributed by atoms with Gasteiger partial charge in [0, 0.05) is 11.1 Å². The van der Waals surface area contributed by atoms with E-state index >= 15 is 0 Å². The van der Waals surface area contributed by atoms with Crippen molar-refractivity contribution < 1.29 is 28.9 Å². The molecule has 6 nitrogen and oxygen atoms in total. The van der Waals surface area contributed by atoms with Crippen LogP contribution < -0.4 is 4.74 Å². The average Bonchev–Trinajstić information content (AvgIpc) is 3.23. The van der Waals surface area contributed by atoms with Crippen LogP contribution in [-0.4, -0.2) is 31.3 Å². The van der Waals surface area contributed by atoms with Crippen LogP contribution in [0.4, 0.5) is 0 Å². The van der Waals surface area contributed by atoms with Gasteiger partial charge in [0.25, 0.3) is 0 Å². The molecule has 0 aromatic heterocycles. The molecular formula is C20H24O6. The summed E-state index contributed by atoms with van der Waals surface area (Å²) in [6.07, 6.45) is 5.77. The summed E-state index contributed by atoms with van der Waals surface area (Å²) in [7, 11) is 2.95. The summed E-state index contributed by atoms with van der Waals surface area (Å²) in [4.78, 5) is 23.6. The predicted octanol–water partition coefficient (Wildman–Crippen LogP) is 3.21. The number of carbonyl (C=O) groups is 2. The Labute approximate surface area is 152 Å². The maximum absolute atomic E-state index is 12.0. The van der Waals surface area contributed by atoms with Crippen LogP contribution in [0.3, 0.4) is 0 Å². The smallest absolute Gasteiger partial charge is 0.342 e. The third-order valence-electron chi connectivity index (χ3n) is 5.40. The Bertz CT molecular complexity index is 777. The van der Waals surface area contributed by atoms with E-state index in [-0.39, 0.29) is 29.8 Å². The molecule has 1 aromatic rings. The second-order valence-electron chi connectivity index (χ2n) is 6.77. The Hall–Kier alpha value is -2.50. The summed E-state index contributed by atoms with van der Waals surface area (Å²) in [5.74, 6) is -0.0137. The number of fused-ring (bicyclic) bond motifs is 1. The SMILES string of the molecule is COC(=O)CC1CCCC1=CCc1c(O)c2c(c(C)c1OC)COC2=O. The Balaban J connectivity index is 1.93. The number of cyclic esters (lactones) is 1. The van der Waals surface area contributed by atoms with Gasteiger partial charge in [0.1, 0.15) is 23.7 Å². The van der Waals surface area contributed by atoms with Crippen molar-refractivity contribution in [3.05, 3.63) is 33.9 Å². The highest BCUT2D eigenvalue weighted by Gasteiger charge is 2.32. The molecule has 3 rings (SSSR count). The highest BCUT2D eigenvalue weighted by molar-refractivity contribution is 5.98. The number of phenolic OH excluding ortho intramolecular Hbond substituents is 1. The van der Waals surface area contributed by atoms with Gasteiger partial charge in [-0.25, -0.2) is 4.79 Å². The van der Waals surface area contributed by atoms with E-state index in [4.69, 9.17) is 14.2 Å². The Morgan fingerprint density at radius 3 is 2.85 bits per heavy atom. The minimum atomic E-state index is -0.499. The molecule has 0 spiro atoms. The highest BCUT2D eigenvalue weighted by Crippen LogP contribution is 2.42. The molecule has 1 atom stereocenters. The first-order valence-corrected chi connectivity index (χ1v) is 8.82. The van der Waals surface area contributed by atoms with Crippen LogP contribution in [0.1, 0.15) is 52.7 Å². The number of esters is 2. The molecule has 0 saturated heterocycles. The van der Waals surface area contributed by atoms with Crippen LogP contribution in [0.15, 0.2) is 11.6 Å². The quantitative estimate of drug-likeness (QED) is 0.641. The van der Waals surface area contributed by atoms with Gasteiger partial charge in [0.2, 0.25) is 0 Å². The zero-order valence-corrected chi connectivity index (χ0v) is 15.4. The number of hydrogen-bond donors (Lipinski definition) is 1. The Kier molecular flexibility index (Phi) is 5.20. The minimum absolute atomic E-state index is 0.0654. The number of benzene rings is 1. The van der Waals surface area contributed by atoms with E-state index in [1.807, 2.05) is 13.0 Å². The molecule has 1 aromatic carbocycles. The molecule has 1 heterocycles. The number of phenols is 1. The molecule has 0 radical (unpaired) electrons. The van der Waals surface area contributed by atoms with E-state index in [2.05, 4.69) is 0 Å². The van der Waals surface area contributed by atoms with E-state index < -0.39 is 5.97 Å². The Morgan fingerprint density at radius 2 is 2.15 bits per heavy atom. The van der Waals surface area contributed by atoms with Gasteiger partial charge in [-0.05, 0) is 44.1 Å². The highest BCUT2D eigenvalue weighted by atomic mass is 16.5. The fourth-order valence-electron chi connectivity index (χ4n) is 3.99. The molecule has 1 saturated carbocycles. The number of carbonyl (C=O) groups excluding carboxylic acids is 2. The molecule has 1 fully saturated rings. The van der Waals surface area contributed by atoms with Crippen molar-refractivity contribution >= 4 is 11.9 Å². The fourth-order valence-corrected chi connectivity index (χ4v) is 3.99. The molecule has 2 aliphatic rings. The van der Waals surface area contributed by atoms with Crippen LogP contribution in [0.5, 0.6) is 11.5 Å². The van der Waals surface area contributed by atoms with Gasteiger partial charge in [-0.2, -0.15) is 0 Å². The molecule has 1 N–H and O–H groups in total. The minimum Gasteiger partial charge on any atom is -0.507 e. The van der Waals surface area contributed by atoms with Gasteiger partial charge < -0.3 is 19.3 Å². The van der Waals surface area contributed by atoms with Crippen molar-refractivity contribution in [3.63, 3.8) is 0 Å². The van der Waals surface area contributed by atoms with Crippen molar-refractivity contribution in [3.8, 4) is 11.5 Å². The van der Waals surface area contributed by atoms with E-state index in [1.54, 1.807) is 7.11 Å². The van der Waals surface area contributed by atoms with Crippen LogP contribution in [0.25, 0.3) is 0 Å². The van der Waals surface area contributed by atoms with Crippen LogP contribution in [0.2, 0.25) is 0 Å². The second kappa shape index (κ2) is 7.40. The maximum atomic E-state index is 12.0. The third kappa shape index (κ3) is 3.16. The van der Waals surface area contributed by atoms with Gasteiger partial charge in [-0.1, -0.05) is 11.6 Å². The standard InChI is InChI=1S/C20H24O6/c1-11-15-10-26-20(23)17(15)18(22)14(19(11)25-3)8-7-12-5-4-6-13(12)9-16(21)24-2/h7,13,22H,4-6,8-10H2,1-3H3. The number of methoxy groups -OCH3 is 2. The van der Waals surface area contributed by atoms with E-state index in [1.165, 1.54) is 12.7 Å². The summed E-state index contributed by atoms with van der Waals surface area (Å²) in [6.45, 7) is 2.03. The number of aromatic hydroxyl groups is 1. The van der Waals surface area contributed by atoms with Gasteiger partial charge in [-0.15, -0.1) is 0 Å². The van der Waals surface area contributed by atoms with E-state index in [9.17, 15) is 14.7 Å². The molecule has 140 valence electrons. The van der Waals surface area contributed by atoms with Crippen LogP contribution >= 0.6 is 0 Å². The monoisotopic (exact) mass is 360 g/mol. The van der Waals surface area contributed by atoms with E-state index in [0.29, 0.717) is 29.7 Å². The van der Waals surface area contributed by atoms with Crippen molar-refractivity contribution in [1.82, 2.24) is 0 Å². The summed E-state index contributed by atoms with van der Waals surface area (Å²) in [5.41, 5.74) is 3.52. The van der Waals surface area contributed by atoms with Crippen LogP contribution in [0, 0.1) is 12.8 Å². The van der Waals surface area contributed by atoms with Gasteiger partial charge in [-0.3, -0.25) is 4.79 Å². The van der Waals surface area contributed by atoms with Gasteiger partial charge in [0.15, 0.2) is 0 Å². The summed E-state index contributed by atoms with van der Waals surface area (Å²) >= 11 is 0. The number of ether oxygens (including phenoxy) is 3. The average molecular weight is 360 g/mol. The molecule has 26 heavy (non-hydrogen) atoms. The first-order valence-electron chi connectivity index (χ1n) is 8.82. The largest absolute Gasteiger partial charge is 0.507 e. The maximum Gasteiger partial charge on any atom is 0.342 e. The molecule has 0 bridgehead atoms. The summed E-state index contributed by atoms with van der Waals surface area (Å²) < 4.78 is 15.4. The second-order valence-corrected chi connectivity index (χ2v) is 6.77. The number of allylic oxidation sites excluding steroid dienone is 2. The third-order valence-corrected chi connectivity index (χ3v) is 5.40. The number of hydrogen-bond acceptors (Lipinski definition) is 6. The molecule has 1 aliphatic heterocycles. The first kappa shape index (κ1) is 18.3. The first-order chi connectivity index (χ1) is 12.5. The lowest BCUT2D eigenvalue weighted by atomic mass is 9.93.